The van der Waals surface area contributed by atoms with Gasteiger partial charge in [-0.25, -0.2) is 9.78 Å². The highest BCUT2D eigenvalue weighted by Crippen LogP contribution is 2.26. The third-order valence-corrected chi connectivity index (χ3v) is 7.06. The Bertz CT molecular complexity index is 1110. The summed E-state index contributed by atoms with van der Waals surface area (Å²) in [7, 11) is 1.47. The number of carbonyl (C=O) groups excluding carboxylic acids is 3. The summed E-state index contributed by atoms with van der Waals surface area (Å²) in [5.74, 6) is -0.374. The molecule has 2 aromatic rings. The Morgan fingerprint density at radius 1 is 1.06 bits per heavy atom. The van der Waals surface area contributed by atoms with E-state index in [9.17, 15) is 14.4 Å². The third kappa shape index (κ3) is 5.38. The second kappa shape index (κ2) is 10.3. The molecule has 194 valence electrons. The van der Waals surface area contributed by atoms with E-state index in [0.29, 0.717) is 39.1 Å². The smallest absolute Gasteiger partial charge is 0.314 e. The monoisotopic (exact) mass is 496 g/mol. The maximum atomic E-state index is 13.5. The van der Waals surface area contributed by atoms with E-state index >= 15 is 0 Å². The fourth-order valence-corrected chi connectivity index (χ4v) is 4.86. The number of ether oxygens (including phenoxy) is 1. The first-order chi connectivity index (χ1) is 17.1. The van der Waals surface area contributed by atoms with Crippen LogP contribution in [0.4, 0.5) is 4.79 Å². The maximum absolute atomic E-state index is 13.5. The molecule has 3 heterocycles. The van der Waals surface area contributed by atoms with Crippen LogP contribution in [0, 0.1) is 0 Å². The first-order valence-corrected chi connectivity index (χ1v) is 12.3. The number of nitrogens with zero attached hydrogens (tertiary/aromatic N) is 5. The van der Waals surface area contributed by atoms with Crippen LogP contribution >= 0.6 is 0 Å². The van der Waals surface area contributed by atoms with E-state index < -0.39 is 12.1 Å². The molecule has 1 fully saturated rings. The number of urea groups is 1. The highest BCUT2D eigenvalue weighted by atomic mass is 16.5. The Labute approximate surface area is 212 Å². The molecule has 1 aromatic carbocycles. The summed E-state index contributed by atoms with van der Waals surface area (Å²) in [5, 5.41) is 0. The standard InChI is InChI=1S/C26H36N6O4/c1-26(2,3)19-7-5-18(6-8-19)14-31-17-28-20-13-21(32(15-22(20)31)23(33)16-36-4)24(34)29-9-11-30(12-10-29)25(27)35/h5-8,17,21H,9-16H2,1-4H3,(H2,27,35). The molecule has 4 rings (SSSR count). The molecule has 0 radical (unpaired) electrons. The number of aromatic nitrogens is 2. The molecule has 4 amide bonds. The Morgan fingerprint density at radius 3 is 2.28 bits per heavy atom. The van der Waals surface area contributed by atoms with Gasteiger partial charge in [-0.1, -0.05) is 45.0 Å². The molecule has 0 spiro atoms. The van der Waals surface area contributed by atoms with Crippen LogP contribution in [0.3, 0.4) is 0 Å². The molecule has 2 aliphatic heterocycles. The van der Waals surface area contributed by atoms with Crippen molar-refractivity contribution < 1.29 is 19.1 Å². The minimum absolute atomic E-state index is 0.0863. The molecule has 10 heteroatoms. The van der Waals surface area contributed by atoms with Crippen LogP contribution in [0.5, 0.6) is 0 Å². The van der Waals surface area contributed by atoms with Crippen LogP contribution in [0.1, 0.15) is 43.3 Å². The Kier molecular flexibility index (Phi) is 7.35. The van der Waals surface area contributed by atoms with E-state index in [2.05, 4.69) is 54.6 Å². The molecule has 0 aliphatic carbocycles. The molecule has 2 N–H and O–H groups in total. The summed E-state index contributed by atoms with van der Waals surface area (Å²) < 4.78 is 7.16. The molecule has 2 aliphatic rings. The van der Waals surface area contributed by atoms with Crippen molar-refractivity contribution in [2.24, 2.45) is 5.73 Å². The second-order valence-electron chi connectivity index (χ2n) is 10.5. The van der Waals surface area contributed by atoms with Crippen LogP contribution in [0.25, 0.3) is 0 Å². The van der Waals surface area contributed by atoms with Gasteiger partial charge < -0.3 is 29.7 Å². The highest BCUT2D eigenvalue weighted by Gasteiger charge is 2.39. The largest absolute Gasteiger partial charge is 0.375 e. The number of carbonyl (C=O) groups is 3. The van der Waals surface area contributed by atoms with Crippen molar-refractivity contribution in [1.29, 1.82) is 0 Å². The van der Waals surface area contributed by atoms with Gasteiger partial charge in [0, 0.05) is 46.3 Å². The topological polar surface area (TPSA) is 114 Å². The van der Waals surface area contributed by atoms with Crippen LogP contribution < -0.4 is 5.73 Å². The van der Waals surface area contributed by atoms with Crippen molar-refractivity contribution in [2.75, 3.05) is 39.9 Å². The summed E-state index contributed by atoms with van der Waals surface area (Å²) >= 11 is 0. The normalized spacial score (nSPS) is 18.2. The van der Waals surface area contributed by atoms with Gasteiger partial charge in [0.15, 0.2) is 0 Å². The molecule has 0 bridgehead atoms. The van der Waals surface area contributed by atoms with Crippen molar-refractivity contribution in [3.8, 4) is 0 Å². The van der Waals surface area contributed by atoms with Crippen LogP contribution in [0.15, 0.2) is 30.6 Å². The number of piperazine rings is 1. The first-order valence-electron chi connectivity index (χ1n) is 12.3. The van der Waals surface area contributed by atoms with E-state index in [0.717, 1.165) is 17.0 Å². The molecule has 1 unspecified atom stereocenters. The average molecular weight is 497 g/mol. The van der Waals surface area contributed by atoms with Gasteiger partial charge in [0.05, 0.1) is 24.3 Å². The quantitative estimate of drug-likeness (QED) is 0.671. The number of primary amides is 1. The number of fused-ring (bicyclic) bond motifs is 1. The van der Waals surface area contributed by atoms with Crippen LogP contribution in [-0.2, 0) is 39.3 Å². The number of nitrogens with two attached hydrogens (primary N) is 1. The fourth-order valence-electron chi connectivity index (χ4n) is 4.86. The van der Waals surface area contributed by atoms with Gasteiger partial charge in [0.2, 0.25) is 11.8 Å². The van der Waals surface area contributed by atoms with Gasteiger partial charge in [-0.2, -0.15) is 0 Å². The van der Waals surface area contributed by atoms with E-state index in [-0.39, 0.29) is 30.4 Å². The molecule has 36 heavy (non-hydrogen) atoms. The summed E-state index contributed by atoms with van der Waals surface area (Å²) in [6.45, 7) is 8.92. The molecule has 1 aromatic heterocycles. The minimum atomic E-state index is -0.658. The van der Waals surface area contributed by atoms with Gasteiger partial charge in [0.1, 0.15) is 12.6 Å². The lowest BCUT2D eigenvalue weighted by atomic mass is 9.87. The Morgan fingerprint density at radius 2 is 1.69 bits per heavy atom. The van der Waals surface area contributed by atoms with Gasteiger partial charge in [-0.3, -0.25) is 9.59 Å². The zero-order chi connectivity index (χ0) is 26.0. The molecule has 1 atom stereocenters. The first kappa shape index (κ1) is 25.7. The van der Waals surface area contributed by atoms with Gasteiger partial charge in [-0.15, -0.1) is 0 Å². The van der Waals surface area contributed by atoms with Crippen molar-refractivity contribution in [3.63, 3.8) is 0 Å². The lowest BCUT2D eigenvalue weighted by molar-refractivity contribution is -0.150. The number of hydrogen-bond acceptors (Lipinski definition) is 5. The summed E-state index contributed by atoms with van der Waals surface area (Å²) in [4.78, 5) is 47.4. The third-order valence-electron chi connectivity index (χ3n) is 7.06. The average Bonchev–Trinajstić information content (AvgIpc) is 3.24. The molecular weight excluding hydrogens is 460 g/mol. The van der Waals surface area contributed by atoms with Crippen LogP contribution in [-0.4, -0.2) is 88.0 Å². The maximum Gasteiger partial charge on any atom is 0.314 e. The van der Waals surface area contributed by atoms with E-state index in [1.54, 1.807) is 16.1 Å². The SMILES string of the molecule is COCC(=O)N1Cc2c(ncn2Cc2ccc(C(C)(C)C)cc2)CC1C(=O)N1CCN(C(N)=O)CC1. The number of rotatable bonds is 5. The summed E-state index contributed by atoms with van der Waals surface area (Å²) in [6.07, 6.45) is 2.13. The Hall–Kier alpha value is -3.40. The number of benzene rings is 1. The van der Waals surface area contributed by atoms with Gasteiger partial charge >= 0.3 is 6.03 Å². The zero-order valence-corrected chi connectivity index (χ0v) is 21.6. The number of amides is 4. The summed E-state index contributed by atoms with van der Waals surface area (Å²) in [5.41, 5.74) is 9.63. The van der Waals surface area contributed by atoms with Crippen molar-refractivity contribution >= 4 is 17.8 Å². The molecular formula is C26H36N6O4. The molecule has 0 saturated carbocycles. The van der Waals surface area contributed by atoms with E-state index in [4.69, 9.17) is 10.5 Å². The molecule has 10 nitrogen and oxygen atoms in total. The minimum Gasteiger partial charge on any atom is -0.375 e. The predicted molar refractivity (Wildman–Crippen MR) is 134 cm³/mol. The van der Waals surface area contributed by atoms with Gasteiger partial charge in [0.25, 0.3) is 0 Å². The highest BCUT2D eigenvalue weighted by molar-refractivity contribution is 5.89. The van der Waals surface area contributed by atoms with E-state index in [1.807, 2.05) is 0 Å². The number of methoxy groups -OCH3 is 1. The molecule has 1 saturated heterocycles. The number of imidazole rings is 1. The fraction of sp³-hybridized carbons (Fsp3) is 0.538. The summed E-state index contributed by atoms with van der Waals surface area (Å²) in [6, 6.07) is 7.41. The van der Waals surface area contributed by atoms with Crippen LogP contribution in [0.2, 0.25) is 0 Å². The van der Waals surface area contributed by atoms with E-state index in [1.165, 1.54) is 17.6 Å². The number of hydrogen-bond donors (Lipinski definition) is 1. The predicted octanol–water partition coefficient (Wildman–Crippen LogP) is 1.35. The second-order valence-corrected chi connectivity index (χ2v) is 10.5. The Balaban J connectivity index is 1.53. The van der Waals surface area contributed by atoms with Gasteiger partial charge in [-0.05, 0) is 16.5 Å². The van der Waals surface area contributed by atoms with Crippen molar-refractivity contribution in [3.05, 3.63) is 53.1 Å². The van der Waals surface area contributed by atoms with Crippen molar-refractivity contribution in [1.82, 2.24) is 24.3 Å². The van der Waals surface area contributed by atoms with Crippen molar-refractivity contribution in [2.45, 2.75) is 51.7 Å². The zero-order valence-electron chi connectivity index (χ0n) is 21.6. The lowest BCUT2D eigenvalue weighted by Crippen LogP contribution is -2.59. The lowest BCUT2D eigenvalue weighted by Gasteiger charge is -2.40.